The van der Waals surface area contributed by atoms with Gasteiger partial charge in [0.15, 0.2) is 11.5 Å². The Morgan fingerprint density at radius 1 is 1.27 bits per heavy atom. The van der Waals surface area contributed by atoms with E-state index >= 15 is 0 Å². The van der Waals surface area contributed by atoms with E-state index < -0.39 is 0 Å². The Morgan fingerprint density at radius 3 is 2.77 bits per heavy atom. The van der Waals surface area contributed by atoms with Crippen molar-refractivity contribution in [2.45, 2.75) is 6.04 Å². The Morgan fingerprint density at radius 2 is 2.04 bits per heavy atom. The second kappa shape index (κ2) is 8.25. The normalized spacial score (nSPS) is 14.0. The average molecular weight is 374 g/mol. The zero-order chi connectivity index (χ0) is 18.5. The number of carbonyl (C=O) groups excluding carboxylic acids is 1. The van der Waals surface area contributed by atoms with E-state index in [9.17, 15) is 4.79 Å². The Balaban J connectivity index is 1.70. The number of benzene rings is 2. The number of likely N-dealkylation sites (N-methyl/N-ethyl adjacent to an activating group) is 1. The summed E-state index contributed by atoms with van der Waals surface area (Å²) in [5.74, 6) is 0.983. The molecule has 0 spiro atoms. The van der Waals surface area contributed by atoms with Crippen LogP contribution in [-0.4, -0.2) is 33.3 Å². The number of amides is 1. The summed E-state index contributed by atoms with van der Waals surface area (Å²) < 4.78 is 10.6. The average Bonchev–Trinajstić information content (AvgIpc) is 3.09. The number of fused-ring (bicyclic) bond motifs is 1. The summed E-state index contributed by atoms with van der Waals surface area (Å²) in [5, 5.41) is 3.54. The van der Waals surface area contributed by atoms with Crippen LogP contribution in [0.4, 0.5) is 0 Å². The van der Waals surface area contributed by atoms with Gasteiger partial charge in [0.2, 0.25) is 12.7 Å². The second-order valence-electron chi connectivity index (χ2n) is 6.45. The lowest BCUT2D eigenvalue weighted by atomic mass is 10.1. The van der Waals surface area contributed by atoms with Gasteiger partial charge in [-0.05, 0) is 29.3 Å². The lowest BCUT2D eigenvalue weighted by molar-refractivity contribution is -0.860. The molecule has 0 unspecified atom stereocenters. The van der Waals surface area contributed by atoms with Crippen molar-refractivity contribution in [3.05, 3.63) is 64.7 Å². The van der Waals surface area contributed by atoms with Gasteiger partial charge in [0, 0.05) is 6.08 Å². The van der Waals surface area contributed by atoms with Crippen molar-refractivity contribution in [2.75, 3.05) is 27.4 Å². The van der Waals surface area contributed by atoms with Crippen molar-refractivity contribution in [1.29, 1.82) is 0 Å². The number of halogens is 1. The van der Waals surface area contributed by atoms with E-state index in [1.54, 1.807) is 18.2 Å². The van der Waals surface area contributed by atoms with Gasteiger partial charge in [-0.1, -0.05) is 41.9 Å². The molecule has 0 fully saturated rings. The summed E-state index contributed by atoms with van der Waals surface area (Å²) in [5.41, 5.74) is 1.87. The molecule has 6 heteroatoms. The zero-order valence-electron chi connectivity index (χ0n) is 14.8. The van der Waals surface area contributed by atoms with E-state index in [1.165, 1.54) is 11.0 Å². The monoisotopic (exact) mass is 373 g/mol. The molecule has 0 aromatic heterocycles. The van der Waals surface area contributed by atoms with Crippen LogP contribution in [0, 0.1) is 0 Å². The van der Waals surface area contributed by atoms with Gasteiger partial charge < -0.3 is 19.7 Å². The molecule has 0 saturated carbocycles. The number of nitrogens with one attached hydrogen (secondary N) is 2. The van der Waals surface area contributed by atoms with Crippen LogP contribution < -0.4 is 19.7 Å². The number of hydrogen-bond acceptors (Lipinski definition) is 3. The van der Waals surface area contributed by atoms with Gasteiger partial charge in [-0.3, -0.25) is 4.79 Å². The number of ether oxygens (including phenoxy) is 2. The molecule has 3 rings (SSSR count). The molecule has 0 bridgehead atoms. The van der Waals surface area contributed by atoms with E-state index in [-0.39, 0.29) is 18.7 Å². The highest BCUT2D eigenvalue weighted by Crippen LogP contribution is 2.40. The van der Waals surface area contributed by atoms with E-state index in [2.05, 4.69) is 19.4 Å². The van der Waals surface area contributed by atoms with Gasteiger partial charge in [-0.25, -0.2) is 0 Å². The zero-order valence-corrected chi connectivity index (χ0v) is 15.5. The molecule has 1 aliphatic rings. The molecular formula is C20H22ClN2O3+. The SMILES string of the molecule is C[NH+](C)C[C@@H](NC(=O)/C=C/c1cc(Cl)c2c(c1)OCO2)c1ccccc1. The molecule has 0 radical (unpaired) electrons. The van der Waals surface area contributed by atoms with Gasteiger partial charge in [-0.2, -0.15) is 0 Å². The van der Waals surface area contributed by atoms with Crippen molar-refractivity contribution in [3.8, 4) is 11.5 Å². The molecule has 2 aromatic rings. The topological polar surface area (TPSA) is 52.0 Å². The van der Waals surface area contributed by atoms with E-state index in [4.69, 9.17) is 21.1 Å². The minimum absolute atomic E-state index is 0.0568. The van der Waals surface area contributed by atoms with Crippen LogP contribution >= 0.6 is 11.6 Å². The Hall–Kier alpha value is -2.50. The molecule has 1 atom stereocenters. The largest absolute Gasteiger partial charge is 0.454 e. The van der Waals surface area contributed by atoms with Gasteiger partial charge in [0.1, 0.15) is 12.6 Å². The summed E-state index contributed by atoms with van der Waals surface area (Å²) in [6.45, 7) is 0.952. The predicted octanol–water partition coefficient (Wildman–Crippen LogP) is 2.08. The van der Waals surface area contributed by atoms with Crippen LogP contribution in [0.15, 0.2) is 48.5 Å². The first-order valence-corrected chi connectivity index (χ1v) is 8.82. The number of hydrogen-bond donors (Lipinski definition) is 2. The Kier molecular flexibility index (Phi) is 5.81. The summed E-state index contributed by atoms with van der Waals surface area (Å²) >= 11 is 6.17. The molecule has 5 nitrogen and oxygen atoms in total. The maximum atomic E-state index is 12.4. The highest BCUT2D eigenvalue weighted by atomic mass is 35.5. The lowest BCUT2D eigenvalue weighted by Gasteiger charge is -2.20. The summed E-state index contributed by atoms with van der Waals surface area (Å²) in [6.07, 6.45) is 3.22. The quantitative estimate of drug-likeness (QED) is 0.762. The molecule has 1 aliphatic heterocycles. The van der Waals surface area contributed by atoms with Crippen molar-refractivity contribution in [3.63, 3.8) is 0 Å². The Labute approximate surface area is 158 Å². The van der Waals surface area contributed by atoms with Gasteiger partial charge in [0.05, 0.1) is 19.1 Å². The second-order valence-corrected chi connectivity index (χ2v) is 6.86. The maximum Gasteiger partial charge on any atom is 0.244 e. The van der Waals surface area contributed by atoms with Crippen LogP contribution in [0.3, 0.4) is 0 Å². The number of carbonyl (C=O) groups is 1. The molecule has 0 aliphatic carbocycles. The highest BCUT2D eigenvalue weighted by Gasteiger charge is 2.18. The van der Waals surface area contributed by atoms with Gasteiger partial charge in [0.25, 0.3) is 0 Å². The molecular weight excluding hydrogens is 352 g/mol. The minimum Gasteiger partial charge on any atom is -0.454 e. The van der Waals surface area contributed by atoms with E-state index in [0.717, 1.165) is 17.7 Å². The third-order valence-electron chi connectivity index (χ3n) is 4.01. The predicted molar refractivity (Wildman–Crippen MR) is 102 cm³/mol. The van der Waals surface area contributed by atoms with Crippen molar-refractivity contribution < 1.29 is 19.2 Å². The van der Waals surface area contributed by atoms with Crippen LogP contribution in [0.5, 0.6) is 11.5 Å². The summed E-state index contributed by atoms with van der Waals surface area (Å²) in [7, 11) is 4.12. The minimum atomic E-state index is -0.158. The first kappa shape index (κ1) is 18.3. The van der Waals surface area contributed by atoms with E-state index in [0.29, 0.717) is 16.5 Å². The third-order valence-corrected chi connectivity index (χ3v) is 4.29. The fraction of sp³-hybridized carbons (Fsp3) is 0.250. The first-order chi connectivity index (χ1) is 12.5. The Bertz CT molecular complexity index is 806. The molecule has 0 saturated heterocycles. The van der Waals surface area contributed by atoms with Crippen LogP contribution in [0.2, 0.25) is 5.02 Å². The number of quaternary nitrogens is 1. The van der Waals surface area contributed by atoms with Crippen LogP contribution in [0.25, 0.3) is 6.08 Å². The van der Waals surface area contributed by atoms with Crippen molar-refractivity contribution >= 4 is 23.6 Å². The first-order valence-electron chi connectivity index (χ1n) is 8.44. The smallest absolute Gasteiger partial charge is 0.244 e. The highest BCUT2D eigenvalue weighted by molar-refractivity contribution is 6.32. The number of rotatable bonds is 6. The van der Waals surface area contributed by atoms with Crippen LogP contribution in [-0.2, 0) is 4.79 Å². The molecule has 26 heavy (non-hydrogen) atoms. The lowest BCUT2D eigenvalue weighted by Crippen LogP contribution is -3.06. The molecule has 136 valence electrons. The van der Waals surface area contributed by atoms with Crippen molar-refractivity contribution in [2.24, 2.45) is 0 Å². The van der Waals surface area contributed by atoms with Crippen LogP contribution in [0.1, 0.15) is 17.2 Å². The van der Waals surface area contributed by atoms with Gasteiger partial charge in [-0.15, -0.1) is 0 Å². The summed E-state index contributed by atoms with van der Waals surface area (Å²) in [6, 6.07) is 13.5. The molecule has 2 aromatic carbocycles. The third kappa shape index (κ3) is 4.56. The molecule has 1 heterocycles. The molecule has 1 amide bonds. The van der Waals surface area contributed by atoms with E-state index in [1.807, 2.05) is 30.3 Å². The molecule has 2 N–H and O–H groups in total. The maximum absolute atomic E-state index is 12.4. The van der Waals surface area contributed by atoms with Gasteiger partial charge >= 0.3 is 0 Å². The standard InChI is InChI=1S/C20H21ClN2O3/c1-23(2)12-17(15-6-4-3-5-7-15)22-19(24)9-8-14-10-16(21)20-18(11-14)25-13-26-20/h3-11,17H,12-13H2,1-2H3,(H,22,24)/p+1/b9-8+/t17-/m1/s1. The fourth-order valence-corrected chi connectivity index (χ4v) is 3.09. The summed E-state index contributed by atoms with van der Waals surface area (Å²) in [4.78, 5) is 13.7. The van der Waals surface area contributed by atoms with Crippen molar-refractivity contribution in [1.82, 2.24) is 5.32 Å². The fourth-order valence-electron chi connectivity index (χ4n) is 2.82.